The molecular weight excluding hydrogens is 260 g/mol. The quantitative estimate of drug-likeness (QED) is 0.823. The van der Waals surface area contributed by atoms with E-state index in [-0.39, 0.29) is 12.3 Å². The minimum atomic E-state index is -0.136. The van der Waals surface area contributed by atoms with Gasteiger partial charge in [0.1, 0.15) is 4.60 Å². The number of aryl methyl sites for hydroxylation is 1. The molecule has 6 heteroatoms. The Morgan fingerprint density at radius 2 is 2.40 bits per heavy atom. The van der Waals surface area contributed by atoms with Crippen LogP contribution in [0.2, 0.25) is 0 Å². The Kier molecular flexibility index (Phi) is 2.54. The number of fused-ring (bicyclic) bond motifs is 1. The standard InChI is InChI=1S/C9H9BrN4O/c1-5-8(10)14-4-6(7(15)2-11)3-12-9(14)13-5/h3-4H,2,11H2,1H3. The molecule has 0 saturated carbocycles. The number of hydrogen-bond acceptors (Lipinski definition) is 4. The van der Waals surface area contributed by atoms with Crippen LogP contribution in [0.3, 0.4) is 0 Å². The molecule has 0 bridgehead atoms. The summed E-state index contributed by atoms with van der Waals surface area (Å²) in [5.74, 6) is 0.426. The number of Topliss-reactive ketones (excluding diaryl/α,β-unsaturated/α-hetero) is 1. The number of imidazole rings is 1. The highest BCUT2D eigenvalue weighted by atomic mass is 79.9. The molecule has 2 aromatic rings. The molecule has 0 amide bonds. The van der Waals surface area contributed by atoms with E-state index in [0.717, 1.165) is 10.3 Å². The van der Waals surface area contributed by atoms with E-state index in [1.807, 2.05) is 6.92 Å². The first-order valence-electron chi connectivity index (χ1n) is 4.37. The van der Waals surface area contributed by atoms with Crippen molar-refractivity contribution >= 4 is 27.5 Å². The highest BCUT2D eigenvalue weighted by Crippen LogP contribution is 2.17. The summed E-state index contributed by atoms with van der Waals surface area (Å²) < 4.78 is 2.52. The average Bonchev–Trinajstić information content (AvgIpc) is 2.54. The number of ketones is 1. The Labute approximate surface area is 94.5 Å². The van der Waals surface area contributed by atoms with Gasteiger partial charge in [-0.25, -0.2) is 9.97 Å². The fraction of sp³-hybridized carbons (Fsp3) is 0.222. The fourth-order valence-electron chi connectivity index (χ4n) is 1.28. The molecule has 0 unspecified atom stereocenters. The van der Waals surface area contributed by atoms with Crippen LogP contribution in [0.5, 0.6) is 0 Å². The van der Waals surface area contributed by atoms with Crippen molar-refractivity contribution in [1.29, 1.82) is 0 Å². The molecule has 0 radical (unpaired) electrons. The summed E-state index contributed by atoms with van der Waals surface area (Å²) in [5, 5.41) is 0. The van der Waals surface area contributed by atoms with Crippen LogP contribution < -0.4 is 5.73 Å². The lowest BCUT2D eigenvalue weighted by Crippen LogP contribution is -2.14. The third-order valence-electron chi connectivity index (χ3n) is 2.09. The third-order valence-corrected chi connectivity index (χ3v) is 3.04. The van der Waals surface area contributed by atoms with Crippen molar-refractivity contribution in [2.45, 2.75) is 6.92 Å². The van der Waals surface area contributed by atoms with Crippen molar-refractivity contribution in [3.8, 4) is 0 Å². The van der Waals surface area contributed by atoms with Gasteiger partial charge in [0.05, 0.1) is 17.8 Å². The summed E-state index contributed by atoms with van der Waals surface area (Å²) in [7, 11) is 0. The maximum atomic E-state index is 11.4. The van der Waals surface area contributed by atoms with Crippen LogP contribution in [-0.2, 0) is 0 Å². The topological polar surface area (TPSA) is 73.3 Å². The lowest BCUT2D eigenvalue weighted by Gasteiger charge is -1.99. The number of halogens is 1. The maximum Gasteiger partial charge on any atom is 0.234 e. The van der Waals surface area contributed by atoms with Crippen LogP contribution in [0, 0.1) is 6.92 Å². The van der Waals surface area contributed by atoms with E-state index in [2.05, 4.69) is 25.9 Å². The molecule has 0 saturated heterocycles. The first kappa shape index (κ1) is 10.3. The van der Waals surface area contributed by atoms with E-state index in [0.29, 0.717) is 11.3 Å². The Balaban J connectivity index is 2.64. The van der Waals surface area contributed by atoms with E-state index in [4.69, 9.17) is 5.73 Å². The molecular formula is C9H9BrN4O. The summed E-state index contributed by atoms with van der Waals surface area (Å²) in [4.78, 5) is 19.6. The molecule has 0 fully saturated rings. The minimum Gasteiger partial charge on any atom is -0.324 e. The summed E-state index contributed by atoms with van der Waals surface area (Å²) in [5.41, 5.74) is 6.60. The number of rotatable bonds is 2. The normalized spacial score (nSPS) is 10.9. The highest BCUT2D eigenvalue weighted by Gasteiger charge is 2.10. The van der Waals surface area contributed by atoms with Gasteiger partial charge in [0.15, 0.2) is 5.78 Å². The molecule has 0 aromatic carbocycles. The molecule has 2 N–H and O–H groups in total. The predicted molar refractivity (Wildman–Crippen MR) is 58.8 cm³/mol. The highest BCUT2D eigenvalue weighted by molar-refractivity contribution is 9.10. The Bertz CT molecular complexity index is 534. The minimum absolute atomic E-state index is 0.0154. The first-order chi connectivity index (χ1) is 7.13. The van der Waals surface area contributed by atoms with Crippen LogP contribution in [0.15, 0.2) is 17.0 Å². The van der Waals surface area contributed by atoms with Gasteiger partial charge in [-0.1, -0.05) is 0 Å². The van der Waals surface area contributed by atoms with Gasteiger partial charge in [0.25, 0.3) is 0 Å². The summed E-state index contributed by atoms with van der Waals surface area (Å²) in [6.07, 6.45) is 3.17. The second kappa shape index (κ2) is 3.71. The SMILES string of the molecule is Cc1nc2ncc(C(=O)CN)cn2c1Br. The van der Waals surface area contributed by atoms with Gasteiger partial charge < -0.3 is 5.73 Å². The zero-order valence-corrected chi connectivity index (χ0v) is 9.65. The van der Waals surface area contributed by atoms with Crippen LogP contribution in [0.25, 0.3) is 5.78 Å². The molecule has 0 aliphatic heterocycles. The fourth-order valence-corrected chi connectivity index (χ4v) is 1.63. The predicted octanol–water partition coefficient (Wildman–Crippen LogP) is 0.942. The Morgan fingerprint density at radius 1 is 1.67 bits per heavy atom. The van der Waals surface area contributed by atoms with Crippen molar-refractivity contribution in [3.05, 3.63) is 28.3 Å². The molecule has 0 spiro atoms. The van der Waals surface area contributed by atoms with Gasteiger partial charge in [-0.05, 0) is 22.9 Å². The number of carbonyl (C=O) groups is 1. The van der Waals surface area contributed by atoms with E-state index >= 15 is 0 Å². The van der Waals surface area contributed by atoms with Gasteiger partial charge >= 0.3 is 0 Å². The van der Waals surface area contributed by atoms with E-state index in [1.165, 1.54) is 6.20 Å². The maximum absolute atomic E-state index is 11.4. The van der Waals surface area contributed by atoms with Crippen LogP contribution in [0.4, 0.5) is 0 Å². The van der Waals surface area contributed by atoms with Crippen molar-refractivity contribution in [2.75, 3.05) is 6.54 Å². The molecule has 2 heterocycles. The van der Waals surface area contributed by atoms with Gasteiger partial charge in [0, 0.05) is 12.4 Å². The van der Waals surface area contributed by atoms with Gasteiger partial charge in [-0.2, -0.15) is 0 Å². The number of nitrogens with zero attached hydrogens (tertiary/aromatic N) is 3. The largest absolute Gasteiger partial charge is 0.324 e. The Hall–Kier alpha value is -1.27. The summed E-state index contributed by atoms with van der Waals surface area (Å²) >= 11 is 3.37. The van der Waals surface area contributed by atoms with Crippen molar-refractivity contribution in [2.24, 2.45) is 5.73 Å². The summed E-state index contributed by atoms with van der Waals surface area (Å²) in [6.45, 7) is 1.85. The average molecular weight is 269 g/mol. The van der Waals surface area contributed by atoms with Crippen molar-refractivity contribution in [1.82, 2.24) is 14.4 Å². The molecule has 5 nitrogen and oxygen atoms in total. The van der Waals surface area contributed by atoms with E-state index < -0.39 is 0 Å². The van der Waals surface area contributed by atoms with E-state index in [9.17, 15) is 4.79 Å². The zero-order chi connectivity index (χ0) is 11.0. The lowest BCUT2D eigenvalue weighted by molar-refractivity contribution is 0.100. The van der Waals surface area contributed by atoms with Crippen molar-refractivity contribution < 1.29 is 4.79 Å². The summed E-state index contributed by atoms with van der Waals surface area (Å²) in [6, 6.07) is 0. The van der Waals surface area contributed by atoms with Crippen LogP contribution >= 0.6 is 15.9 Å². The van der Waals surface area contributed by atoms with Crippen LogP contribution in [0.1, 0.15) is 16.1 Å². The van der Waals surface area contributed by atoms with Crippen molar-refractivity contribution in [3.63, 3.8) is 0 Å². The van der Waals surface area contributed by atoms with Gasteiger partial charge in [0.2, 0.25) is 5.78 Å². The lowest BCUT2D eigenvalue weighted by atomic mass is 10.2. The number of nitrogens with two attached hydrogens (primary N) is 1. The number of aromatic nitrogens is 3. The molecule has 15 heavy (non-hydrogen) atoms. The number of carbonyl (C=O) groups excluding carboxylic acids is 1. The monoisotopic (exact) mass is 268 g/mol. The van der Waals surface area contributed by atoms with Gasteiger partial charge in [-0.3, -0.25) is 9.20 Å². The molecule has 2 rings (SSSR count). The Morgan fingerprint density at radius 3 is 3.07 bits per heavy atom. The molecule has 2 aromatic heterocycles. The van der Waals surface area contributed by atoms with Gasteiger partial charge in [-0.15, -0.1) is 0 Å². The zero-order valence-electron chi connectivity index (χ0n) is 8.07. The smallest absolute Gasteiger partial charge is 0.234 e. The first-order valence-corrected chi connectivity index (χ1v) is 5.16. The second-order valence-electron chi connectivity index (χ2n) is 3.13. The molecule has 78 valence electrons. The molecule has 0 atom stereocenters. The second-order valence-corrected chi connectivity index (χ2v) is 3.88. The third kappa shape index (κ3) is 1.66. The number of hydrogen-bond donors (Lipinski definition) is 1. The molecule has 0 aliphatic carbocycles. The van der Waals surface area contributed by atoms with E-state index in [1.54, 1.807) is 10.6 Å². The molecule has 0 aliphatic rings. The van der Waals surface area contributed by atoms with Crippen LogP contribution in [-0.4, -0.2) is 26.7 Å².